The van der Waals surface area contributed by atoms with E-state index in [1.165, 1.54) is 6.92 Å². The Balaban J connectivity index is 2.29. The summed E-state index contributed by atoms with van der Waals surface area (Å²) in [6.45, 7) is 1.52. The largest absolute Gasteiger partial charge is 0.456 e. The number of Topliss-reactive ketones (excluding diaryl/α,β-unsaturated/α-hetero) is 1. The predicted octanol–water partition coefficient (Wildman–Crippen LogP) is 5.10. The molecule has 0 atom stereocenters. The average Bonchev–Trinajstić information content (AvgIpc) is 2.32. The normalized spacial score (nSPS) is 10.2. The van der Waals surface area contributed by atoms with Gasteiger partial charge >= 0.3 is 0 Å². The quantitative estimate of drug-likeness (QED) is 0.734. The summed E-state index contributed by atoms with van der Waals surface area (Å²) in [7, 11) is 0. The van der Waals surface area contributed by atoms with Crippen LogP contribution in [0.4, 0.5) is 0 Å². The molecule has 92 valence electrons. The number of para-hydroxylation sites is 1. The van der Waals surface area contributed by atoms with Gasteiger partial charge < -0.3 is 4.74 Å². The topological polar surface area (TPSA) is 26.3 Å². The zero-order valence-electron chi connectivity index (χ0n) is 9.61. The summed E-state index contributed by atoms with van der Waals surface area (Å²) in [6.07, 6.45) is 0. The molecular formula is C14H10BrClO2. The van der Waals surface area contributed by atoms with E-state index in [0.29, 0.717) is 26.6 Å². The molecule has 0 aliphatic heterocycles. The third-order valence-electron chi connectivity index (χ3n) is 2.38. The fourth-order valence-corrected chi connectivity index (χ4v) is 2.31. The second-order valence-corrected chi connectivity index (χ2v) is 4.99. The van der Waals surface area contributed by atoms with Crippen LogP contribution in [-0.2, 0) is 0 Å². The predicted molar refractivity (Wildman–Crippen MR) is 75.7 cm³/mol. The van der Waals surface area contributed by atoms with Crippen molar-refractivity contribution in [3.63, 3.8) is 0 Å². The average molecular weight is 326 g/mol. The van der Waals surface area contributed by atoms with Crippen LogP contribution in [0.15, 0.2) is 46.9 Å². The lowest BCUT2D eigenvalue weighted by Crippen LogP contribution is -1.94. The summed E-state index contributed by atoms with van der Waals surface area (Å²) in [5, 5.41) is 0.546. The number of hydrogen-bond donors (Lipinski definition) is 0. The van der Waals surface area contributed by atoms with Crippen molar-refractivity contribution in [3.8, 4) is 11.5 Å². The van der Waals surface area contributed by atoms with Crippen molar-refractivity contribution in [2.45, 2.75) is 6.92 Å². The Morgan fingerprint density at radius 1 is 1.22 bits per heavy atom. The van der Waals surface area contributed by atoms with Crippen LogP contribution < -0.4 is 4.74 Å². The van der Waals surface area contributed by atoms with Gasteiger partial charge in [-0.25, -0.2) is 0 Å². The highest BCUT2D eigenvalue weighted by atomic mass is 79.9. The van der Waals surface area contributed by atoms with Gasteiger partial charge in [0.1, 0.15) is 11.5 Å². The van der Waals surface area contributed by atoms with Gasteiger partial charge in [0, 0.05) is 10.0 Å². The molecule has 4 heteroatoms. The van der Waals surface area contributed by atoms with Gasteiger partial charge in [-0.2, -0.15) is 0 Å². The lowest BCUT2D eigenvalue weighted by atomic mass is 10.1. The molecule has 2 rings (SSSR count). The molecule has 0 N–H and O–H groups in total. The molecule has 18 heavy (non-hydrogen) atoms. The van der Waals surface area contributed by atoms with Crippen LogP contribution in [0.3, 0.4) is 0 Å². The number of rotatable bonds is 3. The van der Waals surface area contributed by atoms with Crippen molar-refractivity contribution in [1.29, 1.82) is 0 Å². The number of ether oxygens (including phenoxy) is 1. The van der Waals surface area contributed by atoms with Crippen LogP contribution in [0, 0.1) is 0 Å². The second-order valence-electron chi connectivity index (χ2n) is 3.73. The van der Waals surface area contributed by atoms with Crippen molar-refractivity contribution in [2.75, 3.05) is 0 Å². The molecule has 0 aliphatic rings. The maximum atomic E-state index is 11.3. The van der Waals surface area contributed by atoms with Crippen LogP contribution in [0.5, 0.6) is 11.5 Å². The van der Waals surface area contributed by atoms with E-state index in [-0.39, 0.29) is 5.78 Å². The molecule has 0 unspecified atom stereocenters. The summed E-state index contributed by atoms with van der Waals surface area (Å²) in [6, 6.07) is 12.4. The first kappa shape index (κ1) is 13.1. The molecule has 0 saturated heterocycles. The number of ketones is 1. The lowest BCUT2D eigenvalue weighted by molar-refractivity contribution is 0.101. The highest BCUT2D eigenvalue weighted by Crippen LogP contribution is 2.31. The Bertz CT molecular complexity index is 596. The van der Waals surface area contributed by atoms with Gasteiger partial charge in [0.25, 0.3) is 0 Å². The van der Waals surface area contributed by atoms with E-state index >= 15 is 0 Å². The lowest BCUT2D eigenvalue weighted by Gasteiger charge is -2.08. The zero-order chi connectivity index (χ0) is 13.1. The maximum absolute atomic E-state index is 11.3. The molecular weight excluding hydrogens is 316 g/mol. The molecule has 0 bridgehead atoms. The Morgan fingerprint density at radius 3 is 2.56 bits per heavy atom. The first-order valence-electron chi connectivity index (χ1n) is 5.31. The summed E-state index contributed by atoms with van der Waals surface area (Å²) >= 11 is 9.35. The summed E-state index contributed by atoms with van der Waals surface area (Å²) in [4.78, 5) is 11.3. The minimum atomic E-state index is 0.00571. The van der Waals surface area contributed by atoms with Gasteiger partial charge in [0.05, 0.1) is 5.02 Å². The molecule has 0 aromatic heterocycles. The third kappa shape index (κ3) is 2.92. The van der Waals surface area contributed by atoms with Crippen molar-refractivity contribution in [2.24, 2.45) is 0 Å². The summed E-state index contributed by atoms with van der Waals surface area (Å²) < 4.78 is 6.36. The standard InChI is InChI=1S/C14H10BrClO2/c1-9(17)11-7-6-10(8-12(11)15)18-14-5-3-2-4-13(14)16/h2-8H,1H3. The van der Waals surface area contributed by atoms with Crippen LogP contribution in [0.25, 0.3) is 0 Å². The molecule has 0 saturated carbocycles. The monoisotopic (exact) mass is 324 g/mol. The van der Waals surface area contributed by atoms with Crippen LogP contribution >= 0.6 is 27.5 Å². The van der Waals surface area contributed by atoms with E-state index in [0.717, 1.165) is 0 Å². The first-order chi connectivity index (χ1) is 8.58. The Labute approximate surface area is 119 Å². The second kappa shape index (κ2) is 5.55. The van der Waals surface area contributed by atoms with Crippen molar-refractivity contribution in [1.82, 2.24) is 0 Å². The minimum absolute atomic E-state index is 0.00571. The van der Waals surface area contributed by atoms with Gasteiger partial charge in [-0.05, 0) is 53.2 Å². The maximum Gasteiger partial charge on any atom is 0.160 e. The Morgan fingerprint density at radius 2 is 1.94 bits per heavy atom. The first-order valence-corrected chi connectivity index (χ1v) is 6.48. The number of hydrogen-bond acceptors (Lipinski definition) is 2. The van der Waals surface area contributed by atoms with Crippen LogP contribution in [0.1, 0.15) is 17.3 Å². The molecule has 0 radical (unpaired) electrons. The highest BCUT2D eigenvalue weighted by Gasteiger charge is 2.08. The molecule has 2 aromatic carbocycles. The highest BCUT2D eigenvalue weighted by molar-refractivity contribution is 9.10. The van der Waals surface area contributed by atoms with Crippen molar-refractivity contribution < 1.29 is 9.53 Å². The van der Waals surface area contributed by atoms with Gasteiger partial charge in [-0.3, -0.25) is 4.79 Å². The van der Waals surface area contributed by atoms with E-state index in [1.807, 2.05) is 12.1 Å². The summed E-state index contributed by atoms with van der Waals surface area (Å²) in [5.41, 5.74) is 0.626. The molecule has 0 heterocycles. The van der Waals surface area contributed by atoms with Crippen LogP contribution in [-0.4, -0.2) is 5.78 Å². The van der Waals surface area contributed by atoms with E-state index in [9.17, 15) is 4.79 Å². The number of halogens is 2. The number of benzene rings is 2. The van der Waals surface area contributed by atoms with Gasteiger partial charge in [0.2, 0.25) is 0 Å². The summed E-state index contributed by atoms with van der Waals surface area (Å²) in [5.74, 6) is 1.22. The van der Waals surface area contributed by atoms with E-state index in [2.05, 4.69) is 15.9 Å². The molecule has 0 fully saturated rings. The smallest absolute Gasteiger partial charge is 0.160 e. The Kier molecular flexibility index (Phi) is 4.04. The fourth-order valence-electron chi connectivity index (χ4n) is 1.50. The van der Waals surface area contributed by atoms with Gasteiger partial charge in [0.15, 0.2) is 5.78 Å². The number of carbonyl (C=O) groups is 1. The van der Waals surface area contributed by atoms with Crippen molar-refractivity contribution >= 4 is 33.3 Å². The van der Waals surface area contributed by atoms with Crippen LogP contribution in [0.2, 0.25) is 5.02 Å². The molecule has 0 spiro atoms. The molecule has 0 aliphatic carbocycles. The van der Waals surface area contributed by atoms with Gasteiger partial charge in [-0.15, -0.1) is 0 Å². The fraction of sp³-hybridized carbons (Fsp3) is 0.0714. The SMILES string of the molecule is CC(=O)c1ccc(Oc2ccccc2Cl)cc1Br. The molecule has 2 nitrogen and oxygen atoms in total. The number of carbonyl (C=O) groups excluding carboxylic acids is 1. The molecule has 2 aromatic rings. The van der Waals surface area contributed by atoms with Crippen molar-refractivity contribution in [3.05, 3.63) is 57.5 Å². The Hall–Kier alpha value is -1.32. The minimum Gasteiger partial charge on any atom is -0.456 e. The van der Waals surface area contributed by atoms with E-state index < -0.39 is 0 Å². The van der Waals surface area contributed by atoms with E-state index in [1.54, 1.807) is 30.3 Å². The molecule has 0 amide bonds. The zero-order valence-corrected chi connectivity index (χ0v) is 12.0. The van der Waals surface area contributed by atoms with Gasteiger partial charge in [-0.1, -0.05) is 23.7 Å². The van der Waals surface area contributed by atoms with E-state index in [4.69, 9.17) is 16.3 Å². The third-order valence-corrected chi connectivity index (χ3v) is 3.35.